The maximum absolute atomic E-state index is 12.2. The fourth-order valence-electron chi connectivity index (χ4n) is 2.80. The Bertz CT molecular complexity index is 683. The largest absolute Gasteiger partial charge is 0.355 e. The number of nitrogens with zero attached hydrogens (tertiary/aromatic N) is 2. The van der Waals surface area contributed by atoms with Crippen LogP contribution in [0.1, 0.15) is 33.3 Å². The van der Waals surface area contributed by atoms with E-state index >= 15 is 0 Å². The van der Waals surface area contributed by atoms with Crippen LogP contribution >= 0.6 is 24.0 Å². The van der Waals surface area contributed by atoms with Crippen molar-refractivity contribution >= 4 is 40.0 Å². The summed E-state index contributed by atoms with van der Waals surface area (Å²) >= 11 is 0. The molecule has 0 heterocycles. The second-order valence-electron chi connectivity index (χ2n) is 7.06. The molecule has 0 aliphatic rings. The van der Waals surface area contributed by atoms with E-state index in [1.165, 1.54) is 0 Å². The van der Waals surface area contributed by atoms with E-state index < -0.39 is 10.0 Å². The van der Waals surface area contributed by atoms with E-state index in [1.54, 1.807) is 31.3 Å². The molecule has 9 heteroatoms. The fourth-order valence-corrected chi connectivity index (χ4v) is 3.84. The molecule has 162 valence electrons. The normalized spacial score (nSPS) is 12.4. The summed E-state index contributed by atoms with van der Waals surface area (Å²) < 4.78 is 27.1. The lowest BCUT2D eigenvalue weighted by Crippen LogP contribution is -2.46. The Morgan fingerprint density at radius 1 is 1.00 bits per heavy atom. The summed E-state index contributed by atoms with van der Waals surface area (Å²) in [4.78, 5) is 6.85. The predicted molar refractivity (Wildman–Crippen MR) is 128 cm³/mol. The summed E-state index contributed by atoms with van der Waals surface area (Å²) in [6.45, 7) is 13.1. The molecule has 0 fully saturated rings. The van der Waals surface area contributed by atoms with Gasteiger partial charge in [-0.25, -0.2) is 13.1 Å². The van der Waals surface area contributed by atoms with Crippen LogP contribution in [-0.2, 0) is 10.0 Å². The van der Waals surface area contributed by atoms with Crippen LogP contribution in [0.3, 0.4) is 0 Å². The van der Waals surface area contributed by atoms with Crippen molar-refractivity contribution in [1.29, 1.82) is 0 Å². The van der Waals surface area contributed by atoms with Gasteiger partial charge in [-0.2, -0.15) is 0 Å². The number of sulfonamides is 1. The first-order chi connectivity index (χ1) is 12.7. The van der Waals surface area contributed by atoms with Gasteiger partial charge in [-0.05, 0) is 46.8 Å². The highest BCUT2D eigenvalue weighted by Crippen LogP contribution is 2.09. The number of hydrogen-bond donors (Lipinski definition) is 3. The molecule has 0 unspecified atom stereocenters. The minimum Gasteiger partial charge on any atom is -0.355 e. The molecule has 0 spiro atoms. The van der Waals surface area contributed by atoms with Crippen molar-refractivity contribution < 1.29 is 8.42 Å². The molecule has 0 amide bonds. The first kappa shape index (κ1) is 27.1. The van der Waals surface area contributed by atoms with Crippen molar-refractivity contribution in [2.45, 2.75) is 51.6 Å². The van der Waals surface area contributed by atoms with E-state index in [0.717, 1.165) is 18.7 Å². The highest BCUT2D eigenvalue weighted by Gasteiger charge is 2.14. The fraction of sp³-hybridized carbons (Fsp3) is 0.632. The van der Waals surface area contributed by atoms with Crippen LogP contribution in [0, 0.1) is 6.92 Å². The van der Waals surface area contributed by atoms with Gasteiger partial charge in [0, 0.05) is 45.3 Å². The highest BCUT2D eigenvalue weighted by atomic mass is 127. The summed E-state index contributed by atoms with van der Waals surface area (Å²) in [5.41, 5.74) is 1.03. The van der Waals surface area contributed by atoms with Gasteiger partial charge < -0.3 is 10.6 Å². The van der Waals surface area contributed by atoms with Crippen LogP contribution in [0.15, 0.2) is 34.2 Å². The number of rotatable bonds is 10. The molecule has 0 aliphatic carbocycles. The number of benzene rings is 1. The van der Waals surface area contributed by atoms with Gasteiger partial charge in [0.1, 0.15) is 0 Å². The standard InChI is InChI=1S/C19H35N5O2S.HI/c1-15(2)24(16(3)4)14-13-22-19(20-6)21-11-12-23-27(25,26)18-9-7-17(5)8-10-18;/h7-10,15-16,23H,11-14H2,1-6H3,(H2,20,21,22);1H. The smallest absolute Gasteiger partial charge is 0.240 e. The molecule has 1 aromatic rings. The molecule has 0 aromatic heterocycles. The molecule has 7 nitrogen and oxygen atoms in total. The second-order valence-corrected chi connectivity index (χ2v) is 8.83. The Morgan fingerprint density at radius 3 is 2.04 bits per heavy atom. The average Bonchev–Trinajstić information content (AvgIpc) is 2.60. The Morgan fingerprint density at radius 2 is 1.54 bits per heavy atom. The third-order valence-electron chi connectivity index (χ3n) is 4.25. The number of hydrogen-bond acceptors (Lipinski definition) is 4. The summed E-state index contributed by atoms with van der Waals surface area (Å²) in [6, 6.07) is 7.77. The minimum atomic E-state index is -3.49. The first-order valence-electron chi connectivity index (χ1n) is 9.44. The lowest BCUT2D eigenvalue weighted by molar-refractivity contribution is 0.178. The zero-order valence-electron chi connectivity index (χ0n) is 17.8. The molecular formula is C19H36IN5O2S. The van der Waals surface area contributed by atoms with Crippen LogP contribution in [0.2, 0.25) is 0 Å². The quantitative estimate of drug-likeness (QED) is 0.189. The monoisotopic (exact) mass is 525 g/mol. The molecule has 0 saturated carbocycles. The maximum Gasteiger partial charge on any atom is 0.240 e. The molecular weight excluding hydrogens is 489 g/mol. The van der Waals surface area contributed by atoms with Gasteiger partial charge in [0.15, 0.2) is 5.96 Å². The van der Waals surface area contributed by atoms with E-state index in [-0.39, 0.29) is 35.4 Å². The van der Waals surface area contributed by atoms with E-state index in [2.05, 4.69) is 52.9 Å². The van der Waals surface area contributed by atoms with Crippen LogP contribution < -0.4 is 15.4 Å². The maximum atomic E-state index is 12.2. The Labute approximate surface area is 187 Å². The van der Waals surface area contributed by atoms with Gasteiger partial charge in [-0.1, -0.05) is 17.7 Å². The lowest BCUT2D eigenvalue weighted by Gasteiger charge is -2.30. The molecule has 1 aromatic carbocycles. The van der Waals surface area contributed by atoms with Crippen molar-refractivity contribution in [2.24, 2.45) is 4.99 Å². The Hall–Kier alpha value is -0.910. The van der Waals surface area contributed by atoms with E-state index in [1.807, 2.05) is 6.92 Å². The van der Waals surface area contributed by atoms with Crippen molar-refractivity contribution in [3.05, 3.63) is 29.8 Å². The Balaban J connectivity index is 0.00000729. The van der Waals surface area contributed by atoms with Crippen LogP contribution in [0.25, 0.3) is 0 Å². The molecule has 0 radical (unpaired) electrons. The average molecular weight is 526 g/mol. The number of halogens is 1. The van der Waals surface area contributed by atoms with Crippen molar-refractivity contribution in [2.75, 3.05) is 33.2 Å². The molecule has 3 N–H and O–H groups in total. The number of aryl methyl sites for hydroxylation is 1. The molecule has 1 rings (SSSR count). The predicted octanol–water partition coefficient (Wildman–Crippen LogP) is 2.18. The lowest BCUT2D eigenvalue weighted by atomic mass is 10.2. The van der Waals surface area contributed by atoms with E-state index in [9.17, 15) is 8.42 Å². The second kappa shape index (κ2) is 13.3. The van der Waals surface area contributed by atoms with Crippen LogP contribution in [0.5, 0.6) is 0 Å². The van der Waals surface area contributed by atoms with E-state index in [4.69, 9.17) is 0 Å². The summed E-state index contributed by atoms with van der Waals surface area (Å²) in [5, 5.41) is 6.39. The molecule has 0 atom stereocenters. The first-order valence-corrected chi connectivity index (χ1v) is 10.9. The molecule has 0 aliphatic heterocycles. The zero-order chi connectivity index (χ0) is 20.4. The molecule has 28 heavy (non-hydrogen) atoms. The molecule has 0 saturated heterocycles. The van der Waals surface area contributed by atoms with Gasteiger partial charge in [0.25, 0.3) is 0 Å². The summed E-state index contributed by atoms with van der Waals surface area (Å²) in [7, 11) is -1.78. The van der Waals surface area contributed by atoms with Crippen molar-refractivity contribution in [1.82, 2.24) is 20.3 Å². The van der Waals surface area contributed by atoms with Gasteiger partial charge in [0.2, 0.25) is 10.0 Å². The summed E-state index contributed by atoms with van der Waals surface area (Å²) in [5.74, 6) is 0.664. The number of aliphatic imine (C=N–C) groups is 1. The van der Waals surface area contributed by atoms with Gasteiger partial charge >= 0.3 is 0 Å². The SMILES string of the molecule is CN=C(NCCNS(=O)(=O)c1ccc(C)cc1)NCCN(C(C)C)C(C)C.I. The van der Waals surface area contributed by atoms with Crippen molar-refractivity contribution in [3.63, 3.8) is 0 Å². The third-order valence-corrected chi connectivity index (χ3v) is 5.73. The van der Waals surface area contributed by atoms with Crippen LogP contribution in [0.4, 0.5) is 0 Å². The van der Waals surface area contributed by atoms with Crippen LogP contribution in [-0.4, -0.2) is 64.6 Å². The molecule has 0 bridgehead atoms. The van der Waals surface area contributed by atoms with Gasteiger partial charge in [-0.15, -0.1) is 24.0 Å². The van der Waals surface area contributed by atoms with Gasteiger partial charge in [-0.3, -0.25) is 9.89 Å². The van der Waals surface area contributed by atoms with Crippen molar-refractivity contribution in [3.8, 4) is 0 Å². The third kappa shape index (κ3) is 9.53. The number of nitrogens with one attached hydrogen (secondary N) is 3. The van der Waals surface area contributed by atoms with Gasteiger partial charge in [0.05, 0.1) is 4.90 Å². The van der Waals surface area contributed by atoms with E-state index in [0.29, 0.717) is 24.6 Å². The summed E-state index contributed by atoms with van der Waals surface area (Å²) in [6.07, 6.45) is 0. The number of guanidine groups is 1. The minimum absolute atomic E-state index is 0. The topological polar surface area (TPSA) is 85.8 Å². The Kier molecular flexibility index (Phi) is 12.9. The zero-order valence-corrected chi connectivity index (χ0v) is 21.0. The highest BCUT2D eigenvalue weighted by molar-refractivity contribution is 14.0.